The van der Waals surface area contributed by atoms with Crippen LogP contribution in [0.25, 0.3) is 0 Å². The quantitative estimate of drug-likeness (QED) is 0.382. The Morgan fingerprint density at radius 1 is 1.35 bits per heavy atom. The number of carbonyl (C=O) groups is 1. The van der Waals surface area contributed by atoms with E-state index in [0.29, 0.717) is 24.1 Å². The van der Waals surface area contributed by atoms with Crippen LogP contribution in [0.3, 0.4) is 0 Å². The first-order valence-corrected chi connectivity index (χ1v) is 9.43. The number of nitrogens with zero attached hydrogens (tertiary/aromatic N) is 2. The van der Waals surface area contributed by atoms with Crippen molar-refractivity contribution >= 4 is 58.8 Å². The molecule has 1 amide bonds. The van der Waals surface area contributed by atoms with E-state index in [0.717, 1.165) is 18.5 Å². The molecule has 140 valence electrons. The minimum Gasteiger partial charge on any atom is -0.352 e. The molecule has 26 heavy (non-hydrogen) atoms. The second-order valence-electron chi connectivity index (χ2n) is 5.84. The summed E-state index contributed by atoms with van der Waals surface area (Å²) in [5, 5.41) is 9.08. The van der Waals surface area contributed by atoms with Gasteiger partial charge in [0.1, 0.15) is 0 Å². The number of benzene rings is 1. The number of amides is 1. The molecular formula is C18H22ClIN4OS. The number of guanidine groups is 1. The van der Waals surface area contributed by atoms with Gasteiger partial charge in [0, 0.05) is 36.6 Å². The number of hydrogen-bond acceptors (Lipinski definition) is 3. The molecule has 2 heterocycles. The molecule has 0 fully saturated rings. The zero-order valence-corrected chi connectivity index (χ0v) is 18.4. The van der Waals surface area contributed by atoms with Crippen LogP contribution in [0.15, 0.2) is 40.7 Å². The van der Waals surface area contributed by atoms with Gasteiger partial charge in [0.2, 0.25) is 5.91 Å². The average Bonchev–Trinajstić information content (AvgIpc) is 3.09. The van der Waals surface area contributed by atoms with E-state index < -0.39 is 0 Å². The molecule has 0 bridgehead atoms. The summed E-state index contributed by atoms with van der Waals surface area (Å²) in [6.45, 7) is 2.31. The van der Waals surface area contributed by atoms with Gasteiger partial charge in [-0.3, -0.25) is 9.79 Å². The molecule has 1 aliphatic heterocycles. The SMILES string of the molecule is CN=C(NCC(=O)N1CCc2sccc2C1)NCc1cccc(Cl)c1.I. The Bertz CT molecular complexity index is 780. The van der Waals surface area contributed by atoms with Crippen molar-refractivity contribution in [2.24, 2.45) is 4.99 Å². The molecule has 0 aliphatic carbocycles. The molecule has 2 aromatic rings. The van der Waals surface area contributed by atoms with Crippen molar-refractivity contribution in [3.63, 3.8) is 0 Å². The third-order valence-electron chi connectivity index (χ3n) is 4.14. The summed E-state index contributed by atoms with van der Waals surface area (Å²) < 4.78 is 0. The summed E-state index contributed by atoms with van der Waals surface area (Å²) in [5.41, 5.74) is 2.33. The van der Waals surface area contributed by atoms with Crippen molar-refractivity contribution in [3.05, 3.63) is 56.7 Å². The smallest absolute Gasteiger partial charge is 0.242 e. The molecule has 2 N–H and O–H groups in total. The number of fused-ring (bicyclic) bond motifs is 1. The van der Waals surface area contributed by atoms with Crippen molar-refractivity contribution < 1.29 is 4.79 Å². The second-order valence-corrected chi connectivity index (χ2v) is 7.28. The molecule has 0 spiro atoms. The second kappa shape index (κ2) is 10.1. The Labute approximate surface area is 179 Å². The van der Waals surface area contributed by atoms with Crippen LogP contribution >= 0.6 is 46.9 Å². The van der Waals surface area contributed by atoms with E-state index in [4.69, 9.17) is 11.6 Å². The van der Waals surface area contributed by atoms with Crippen LogP contribution < -0.4 is 10.6 Å². The summed E-state index contributed by atoms with van der Waals surface area (Å²) in [7, 11) is 1.69. The van der Waals surface area contributed by atoms with Gasteiger partial charge in [-0.05, 0) is 41.1 Å². The first kappa shape index (κ1) is 21.0. The van der Waals surface area contributed by atoms with Gasteiger partial charge < -0.3 is 15.5 Å². The number of thiophene rings is 1. The highest BCUT2D eigenvalue weighted by atomic mass is 127. The summed E-state index contributed by atoms with van der Waals surface area (Å²) >= 11 is 7.76. The van der Waals surface area contributed by atoms with E-state index >= 15 is 0 Å². The van der Waals surface area contributed by atoms with E-state index in [1.54, 1.807) is 18.4 Å². The lowest BCUT2D eigenvalue weighted by molar-refractivity contribution is -0.130. The average molecular weight is 505 g/mol. The summed E-state index contributed by atoms with van der Waals surface area (Å²) in [4.78, 5) is 19.9. The van der Waals surface area contributed by atoms with E-state index in [2.05, 4.69) is 27.1 Å². The molecule has 1 aliphatic rings. The monoisotopic (exact) mass is 504 g/mol. The number of aliphatic imine (C=N–C) groups is 1. The molecule has 0 radical (unpaired) electrons. The third kappa shape index (κ3) is 5.59. The van der Waals surface area contributed by atoms with Crippen molar-refractivity contribution in [3.8, 4) is 0 Å². The van der Waals surface area contributed by atoms with Crippen molar-refractivity contribution in [1.82, 2.24) is 15.5 Å². The standard InChI is InChI=1S/C18H21ClN4OS.HI/c1-20-18(21-10-13-3-2-4-15(19)9-13)22-11-17(24)23-7-5-16-14(12-23)6-8-25-16;/h2-4,6,8-9H,5,7,10-12H2,1H3,(H2,20,21,22);1H. The van der Waals surface area contributed by atoms with Gasteiger partial charge >= 0.3 is 0 Å². The maximum absolute atomic E-state index is 12.4. The number of rotatable bonds is 4. The Balaban J connectivity index is 0.00000243. The lowest BCUT2D eigenvalue weighted by Gasteiger charge is -2.27. The molecule has 1 aromatic heterocycles. The Hall–Kier alpha value is -1.32. The normalized spacial score (nSPS) is 13.6. The van der Waals surface area contributed by atoms with Gasteiger partial charge in [0.25, 0.3) is 0 Å². The zero-order valence-electron chi connectivity index (χ0n) is 14.5. The molecular weight excluding hydrogens is 483 g/mol. The van der Waals surface area contributed by atoms with Crippen LogP contribution in [0.4, 0.5) is 0 Å². The van der Waals surface area contributed by atoms with E-state index in [1.807, 2.05) is 29.2 Å². The van der Waals surface area contributed by atoms with E-state index in [-0.39, 0.29) is 36.4 Å². The largest absolute Gasteiger partial charge is 0.352 e. The highest BCUT2D eigenvalue weighted by molar-refractivity contribution is 14.0. The summed E-state index contributed by atoms with van der Waals surface area (Å²) in [6.07, 6.45) is 0.945. The molecule has 1 aromatic carbocycles. The first-order chi connectivity index (χ1) is 12.2. The van der Waals surface area contributed by atoms with Crippen LogP contribution in [-0.2, 0) is 24.3 Å². The molecule has 0 unspecified atom stereocenters. The van der Waals surface area contributed by atoms with Crippen molar-refractivity contribution in [2.75, 3.05) is 20.1 Å². The van der Waals surface area contributed by atoms with Crippen molar-refractivity contribution in [1.29, 1.82) is 0 Å². The van der Waals surface area contributed by atoms with Gasteiger partial charge in [0.05, 0.1) is 6.54 Å². The number of hydrogen-bond donors (Lipinski definition) is 2. The maximum Gasteiger partial charge on any atom is 0.242 e. The van der Waals surface area contributed by atoms with Gasteiger partial charge in [0.15, 0.2) is 5.96 Å². The molecule has 5 nitrogen and oxygen atoms in total. The third-order valence-corrected chi connectivity index (χ3v) is 5.40. The highest BCUT2D eigenvalue weighted by Gasteiger charge is 2.21. The first-order valence-electron chi connectivity index (χ1n) is 8.17. The van der Waals surface area contributed by atoms with Crippen molar-refractivity contribution in [2.45, 2.75) is 19.5 Å². The fourth-order valence-electron chi connectivity index (χ4n) is 2.79. The lowest BCUT2D eigenvalue weighted by Crippen LogP contribution is -2.45. The molecule has 0 atom stereocenters. The number of carbonyl (C=O) groups excluding carboxylic acids is 1. The van der Waals surface area contributed by atoms with E-state index in [1.165, 1.54) is 10.4 Å². The van der Waals surface area contributed by atoms with Crippen LogP contribution in [0.5, 0.6) is 0 Å². The molecule has 3 rings (SSSR count). The van der Waals surface area contributed by atoms with E-state index in [9.17, 15) is 4.79 Å². The van der Waals surface area contributed by atoms with Crippen LogP contribution in [0.1, 0.15) is 16.0 Å². The van der Waals surface area contributed by atoms with Crippen LogP contribution in [0.2, 0.25) is 5.02 Å². The number of halogens is 2. The Morgan fingerprint density at radius 3 is 2.96 bits per heavy atom. The molecule has 8 heteroatoms. The van der Waals surface area contributed by atoms with Gasteiger partial charge in [-0.2, -0.15) is 0 Å². The minimum atomic E-state index is 0. The van der Waals surface area contributed by atoms with Gasteiger partial charge in [-0.25, -0.2) is 0 Å². The molecule has 0 saturated carbocycles. The zero-order chi connectivity index (χ0) is 17.6. The van der Waals surface area contributed by atoms with Gasteiger partial charge in [-0.1, -0.05) is 23.7 Å². The lowest BCUT2D eigenvalue weighted by atomic mass is 10.1. The Morgan fingerprint density at radius 2 is 2.19 bits per heavy atom. The maximum atomic E-state index is 12.4. The Kier molecular flexibility index (Phi) is 8.17. The number of nitrogens with one attached hydrogen (secondary N) is 2. The predicted octanol–water partition coefficient (Wildman–Crippen LogP) is 3.27. The summed E-state index contributed by atoms with van der Waals surface area (Å²) in [5.74, 6) is 0.684. The predicted molar refractivity (Wildman–Crippen MR) is 119 cm³/mol. The van der Waals surface area contributed by atoms with Crippen LogP contribution in [-0.4, -0.2) is 36.9 Å². The summed E-state index contributed by atoms with van der Waals surface area (Å²) in [6, 6.07) is 9.75. The topological polar surface area (TPSA) is 56.7 Å². The fourth-order valence-corrected chi connectivity index (χ4v) is 3.89. The highest BCUT2D eigenvalue weighted by Crippen LogP contribution is 2.23. The minimum absolute atomic E-state index is 0. The molecule has 0 saturated heterocycles. The fraction of sp³-hybridized carbons (Fsp3) is 0.333. The van der Waals surface area contributed by atoms with Crippen LogP contribution in [0, 0.1) is 0 Å². The van der Waals surface area contributed by atoms with Gasteiger partial charge in [-0.15, -0.1) is 35.3 Å².